The van der Waals surface area contributed by atoms with Crippen LogP contribution in [0.5, 0.6) is 0 Å². The molecule has 0 saturated heterocycles. The summed E-state index contributed by atoms with van der Waals surface area (Å²) in [5.41, 5.74) is 4.44. The number of aromatic nitrogens is 2. The Balaban J connectivity index is 2.48. The molecule has 2 rings (SSSR count). The molecule has 0 radical (unpaired) electrons. The zero-order chi connectivity index (χ0) is 15.6. The maximum atomic E-state index is 11.2. The van der Waals surface area contributed by atoms with Crippen molar-refractivity contribution in [3.8, 4) is 0 Å². The average molecular weight is 355 g/mol. The summed E-state index contributed by atoms with van der Waals surface area (Å²) in [5.74, 6) is 0.741. The molecule has 0 unspecified atom stereocenters. The molecule has 0 fully saturated rings. The number of nitrogens with zero attached hydrogens (tertiary/aromatic N) is 2. The van der Waals surface area contributed by atoms with Gasteiger partial charge in [-0.2, -0.15) is 0 Å². The number of amides is 1. The molecule has 2 aromatic rings. The molecule has 0 aliphatic heterocycles. The molecule has 7 heteroatoms. The first-order chi connectivity index (χ1) is 9.92. The molecule has 21 heavy (non-hydrogen) atoms. The first kappa shape index (κ1) is 15.8. The largest absolute Gasteiger partial charge is 0.360 e. The molecule has 114 valence electrons. The number of halogens is 1. The minimum atomic E-state index is -0.493. The second-order valence-corrected chi connectivity index (χ2v) is 6.34. The van der Waals surface area contributed by atoms with Crippen molar-refractivity contribution < 1.29 is 10.0 Å². The predicted molar refractivity (Wildman–Crippen MR) is 84.6 cm³/mol. The lowest BCUT2D eigenvalue weighted by Crippen LogP contribution is -2.27. The topological polar surface area (TPSA) is 78.7 Å². The van der Waals surface area contributed by atoms with Crippen LogP contribution in [-0.2, 0) is 11.2 Å². The number of imidazole rings is 1. The number of hydrogen-bond donors (Lipinski definition) is 3. The van der Waals surface area contributed by atoms with Gasteiger partial charge in [-0.1, -0.05) is 13.8 Å². The number of carbonyl (C=O) groups excluding carboxylic acids is 1. The highest BCUT2D eigenvalue weighted by atomic mass is 79.9. The Morgan fingerprint density at radius 2 is 2.24 bits per heavy atom. The number of carbonyl (C=O) groups is 1. The summed E-state index contributed by atoms with van der Waals surface area (Å²) >= 11 is 3.48. The van der Waals surface area contributed by atoms with Crippen LogP contribution in [0.2, 0.25) is 0 Å². The molecular weight excluding hydrogens is 336 g/mol. The van der Waals surface area contributed by atoms with E-state index in [0.29, 0.717) is 5.92 Å². The lowest BCUT2D eigenvalue weighted by atomic mass is 10.1. The van der Waals surface area contributed by atoms with Gasteiger partial charge in [-0.05, 0) is 46.8 Å². The standard InChI is InChI=1S/C14H19BrN4O2/c1-8(2)4-11-14(16-6-12(20)18-21)19-7-10(15)5-9(3)13(19)17-11/h5,7-8,16,21H,4,6H2,1-3H3,(H,18,20). The summed E-state index contributed by atoms with van der Waals surface area (Å²) in [6.07, 6.45) is 2.72. The van der Waals surface area contributed by atoms with Gasteiger partial charge in [0.15, 0.2) is 0 Å². The van der Waals surface area contributed by atoms with E-state index in [9.17, 15) is 4.79 Å². The van der Waals surface area contributed by atoms with Crippen molar-refractivity contribution in [1.29, 1.82) is 0 Å². The lowest BCUT2D eigenvalue weighted by molar-refractivity contribution is -0.127. The highest BCUT2D eigenvalue weighted by Gasteiger charge is 2.16. The Morgan fingerprint density at radius 1 is 1.52 bits per heavy atom. The fourth-order valence-electron chi connectivity index (χ4n) is 2.24. The predicted octanol–water partition coefficient (Wildman–Crippen LogP) is 2.52. The van der Waals surface area contributed by atoms with Crippen LogP contribution >= 0.6 is 15.9 Å². The van der Waals surface area contributed by atoms with Crippen LogP contribution in [0.1, 0.15) is 25.1 Å². The van der Waals surface area contributed by atoms with Gasteiger partial charge >= 0.3 is 0 Å². The van der Waals surface area contributed by atoms with Crippen LogP contribution in [0.15, 0.2) is 16.7 Å². The van der Waals surface area contributed by atoms with Gasteiger partial charge in [0.05, 0.1) is 12.2 Å². The van der Waals surface area contributed by atoms with Gasteiger partial charge in [0.1, 0.15) is 11.5 Å². The van der Waals surface area contributed by atoms with Gasteiger partial charge in [0.25, 0.3) is 5.91 Å². The number of pyridine rings is 1. The van der Waals surface area contributed by atoms with E-state index >= 15 is 0 Å². The molecule has 0 aliphatic rings. The van der Waals surface area contributed by atoms with Gasteiger partial charge in [-0.25, -0.2) is 10.5 Å². The lowest BCUT2D eigenvalue weighted by Gasteiger charge is -2.09. The van der Waals surface area contributed by atoms with Gasteiger partial charge in [0, 0.05) is 10.7 Å². The number of aryl methyl sites for hydroxylation is 1. The minimum Gasteiger partial charge on any atom is -0.360 e. The normalized spacial score (nSPS) is 11.1. The Kier molecular flexibility index (Phi) is 4.84. The van der Waals surface area contributed by atoms with E-state index in [0.717, 1.165) is 33.6 Å². The SMILES string of the molecule is Cc1cc(Br)cn2c(NCC(=O)NO)c(CC(C)C)nc12. The molecule has 3 N–H and O–H groups in total. The highest BCUT2D eigenvalue weighted by Crippen LogP contribution is 2.25. The summed E-state index contributed by atoms with van der Waals surface area (Å²) < 4.78 is 2.87. The Hall–Kier alpha value is -1.60. The summed E-state index contributed by atoms with van der Waals surface area (Å²) in [5, 5.41) is 11.7. The van der Waals surface area contributed by atoms with Crippen LogP contribution in [0, 0.1) is 12.8 Å². The molecule has 1 amide bonds. The first-order valence-corrected chi connectivity index (χ1v) is 7.55. The number of hydroxylamine groups is 1. The van der Waals surface area contributed by atoms with Crippen LogP contribution in [0.25, 0.3) is 5.65 Å². The number of rotatable bonds is 5. The summed E-state index contributed by atoms with van der Waals surface area (Å²) in [6.45, 7) is 6.23. The van der Waals surface area contributed by atoms with Crippen molar-refractivity contribution in [2.45, 2.75) is 27.2 Å². The molecule has 2 aromatic heterocycles. The fourth-order valence-corrected chi connectivity index (χ4v) is 2.78. The van der Waals surface area contributed by atoms with Crippen LogP contribution in [0.4, 0.5) is 5.82 Å². The van der Waals surface area contributed by atoms with Crippen LogP contribution in [-0.4, -0.2) is 27.0 Å². The second-order valence-electron chi connectivity index (χ2n) is 5.43. The molecule has 6 nitrogen and oxygen atoms in total. The zero-order valence-corrected chi connectivity index (χ0v) is 13.9. The van der Waals surface area contributed by atoms with E-state index < -0.39 is 5.91 Å². The van der Waals surface area contributed by atoms with Crippen molar-refractivity contribution in [2.24, 2.45) is 5.92 Å². The van der Waals surface area contributed by atoms with Crippen molar-refractivity contribution in [3.63, 3.8) is 0 Å². The van der Waals surface area contributed by atoms with Crippen molar-refractivity contribution in [3.05, 3.63) is 28.0 Å². The van der Waals surface area contributed by atoms with E-state index in [1.807, 2.05) is 23.6 Å². The Morgan fingerprint density at radius 3 is 2.86 bits per heavy atom. The van der Waals surface area contributed by atoms with E-state index in [1.54, 1.807) is 5.48 Å². The van der Waals surface area contributed by atoms with Crippen LogP contribution < -0.4 is 10.8 Å². The van der Waals surface area contributed by atoms with Crippen molar-refractivity contribution in [1.82, 2.24) is 14.9 Å². The molecule has 0 bridgehead atoms. The van der Waals surface area contributed by atoms with E-state index in [2.05, 4.69) is 40.1 Å². The monoisotopic (exact) mass is 354 g/mol. The van der Waals surface area contributed by atoms with E-state index in [1.165, 1.54) is 0 Å². The number of nitrogens with one attached hydrogen (secondary N) is 2. The van der Waals surface area contributed by atoms with Crippen molar-refractivity contribution >= 4 is 33.3 Å². The van der Waals surface area contributed by atoms with Gasteiger partial charge in [-0.15, -0.1) is 0 Å². The fraction of sp³-hybridized carbons (Fsp3) is 0.429. The van der Waals surface area contributed by atoms with Gasteiger partial charge in [-0.3, -0.25) is 14.4 Å². The molecule has 0 saturated carbocycles. The number of hydrogen-bond acceptors (Lipinski definition) is 4. The third-order valence-electron chi connectivity index (χ3n) is 3.09. The molecule has 0 aliphatic carbocycles. The zero-order valence-electron chi connectivity index (χ0n) is 12.3. The Labute approximate surface area is 131 Å². The first-order valence-electron chi connectivity index (χ1n) is 6.76. The van der Waals surface area contributed by atoms with Crippen molar-refractivity contribution in [2.75, 3.05) is 11.9 Å². The summed E-state index contributed by atoms with van der Waals surface area (Å²) in [4.78, 5) is 15.9. The molecule has 2 heterocycles. The minimum absolute atomic E-state index is 0.0129. The molecular formula is C14H19BrN4O2. The molecule has 0 atom stereocenters. The quantitative estimate of drug-likeness (QED) is 0.569. The van der Waals surface area contributed by atoms with E-state index in [4.69, 9.17) is 5.21 Å². The third kappa shape index (κ3) is 3.54. The summed E-state index contributed by atoms with van der Waals surface area (Å²) in [7, 11) is 0. The number of anilines is 1. The second kappa shape index (κ2) is 6.44. The maximum Gasteiger partial charge on any atom is 0.262 e. The molecule has 0 aromatic carbocycles. The Bertz CT molecular complexity index is 667. The van der Waals surface area contributed by atoms with Gasteiger partial charge in [0.2, 0.25) is 0 Å². The van der Waals surface area contributed by atoms with E-state index in [-0.39, 0.29) is 6.54 Å². The maximum absolute atomic E-state index is 11.2. The molecule has 0 spiro atoms. The van der Waals surface area contributed by atoms with Crippen LogP contribution in [0.3, 0.4) is 0 Å². The van der Waals surface area contributed by atoms with Gasteiger partial charge < -0.3 is 5.32 Å². The smallest absolute Gasteiger partial charge is 0.262 e. The third-order valence-corrected chi connectivity index (χ3v) is 3.52. The number of fused-ring (bicyclic) bond motifs is 1. The average Bonchev–Trinajstić information content (AvgIpc) is 2.73. The summed E-state index contributed by atoms with van der Waals surface area (Å²) in [6, 6.07) is 2.01. The highest BCUT2D eigenvalue weighted by molar-refractivity contribution is 9.10.